The van der Waals surface area contributed by atoms with Gasteiger partial charge in [0.2, 0.25) is 0 Å². The third-order valence-electron chi connectivity index (χ3n) is 2.73. The van der Waals surface area contributed by atoms with E-state index in [1.54, 1.807) is 16.7 Å². The molecule has 3 N–H and O–H groups in total. The number of benzene rings is 1. The number of imidazole rings is 1. The summed E-state index contributed by atoms with van der Waals surface area (Å²) in [6.07, 6.45) is 1.79. The number of hydrogen-bond acceptors (Lipinski definition) is 2. The molecule has 0 aliphatic carbocycles. The van der Waals surface area contributed by atoms with Crippen molar-refractivity contribution in [3.8, 4) is 11.3 Å². The van der Waals surface area contributed by atoms with Crippen LogP contribution in [0.1, 0.15) is 0 Å². The fourth-order valence-corrected chi connectivity index (χ4v) is 1.84. The van der Waals surface area contributed by atoms with E-state index in [1.807, 2.05) is 30.3 Å². The highest BCUT2D eigenvalue weighted by atomic mass is 16.1. The summed E-state index contributed by atoms with van der Waals surface area (Å²) in [6.45, 7) is 0. The number of hydrogen-bond donors (Lipinski definition) is 2. The number of nitrogens with two attached hydrogens (primary N) is 1. The van der Waals surface area contributed by atoms with Crippen LogP contribution in [0.3, 0.4) is 0 Å². The molecule has 2 heterocycles. The summed E-state index contributed by atoms with van der Waals surface area (Å²) in [6, 6.07) is 12.7. The Bertz CT molecular complexity index is 722. The molecule has 0 aliphatic rings. The van der Waals surface area contributed by atoms with Crippen molar-refractivity contribution < 1.29 is 0 Å². The van der Waals surface area contributed by atoms with Gasteiger partial charge in [0, 0.05) is 18.0 Å². The average Bonchev–Trinajstić information content (AvgIpc) is 2.75. The van der Waals surface area contributed by atoms with Crippen LogP contribution in [-0.2, 0) is 0 Å². The van der Waals surface area contributed by atoms with E-state index in [-0.39, 0.29) is 5.56 Å². The fourth-order valence-electron chi connectivity index (χ4n) is 1.84. The zero-order valence-corrected chi connectivity index (χ0v) is 9.05. The van der Waals surface area contributed by atoms with Crippen LogP contribution in [0.4, 0.5) is 5.69 Å². The highest BCUT2D eigenvalue weighted by molar-refractivity contribution is 5.64. The van der Waals surface area contributed by atoms with Crippen LogP contribution >= 0.6 is 0 Å². The highest BCUT2D eigenvalue weighted by Gasteiger charge is 2.03. The highest BCUT2D eigenvalue weighted by Crippen LogP contribution is 2.19. The molecule has 17 heavy (non-hydrogen) atoms. The maximum Gasteiger partial charge on any atom is 0.256 e. The summed E-state index contributed by atoms with van der Waals surface area (Å²) in [5, 5.41) is 0. The number of fused-ring (bicyclic) bond motifs is 1. The number of pyridine rings is 1. The first-order valence-corrected chi connectivity index (χ1v) is 5.30. The molecule has 3 aromatic rings. The van der Waals surface area contributed by atoms with Crippen molar-refractivity contribution in [2.75, 3.05) is 5.73 Å². The first kappa shape index (κ1) is 9.72. The fraction of sp³-hybridized carbons (Fsp3) is 0. The molecule has 0 radical (unpaired) electrons. The van der Waals surface area contributed by atoms with E-state index in [0.29, 0.717) is 0 Å². The van der Waals surface area contributed by atoms with Gasteiger partial charge in [-0.25, -0.2) is 0 Å². The minimum Gasteiger partial charge on any atom is -0.399 e. The van der Waals surface area contributed by atoms with Crippen LogP contribution in [-0.4, -0.2) is 9.38 Å². The third kappa shape index (κ3) is 1.59. The van der Waals surface area contributed by atoms with Crippen molar-refractivity contribution in [1.82, 2.24) is 9.38 Å². The normalized spacial score (nSPS) is 10.8. The molecule has 0 aliphatic heterocycles. The lowest BCUT2D eigenvalue weighted by atomic mass is 10.1. The number of H-pyrrole nitrogens is 1. The summed E-state index contributed by atoms with van der Waals surface area (Å²) in [5.41, 5.74) is 9.00. The minimum atomic E-state index is -0.0413. The van der Waals surface area contributed by atoms with Crippen molar-refractivity contribution in [2.45, 2.75) is 0 Å². The zero-order valence-electron chi connectivity index (χ0n) is 9.05. The van der Waals surface area contributed by atoms with Gasteiger partial charge >= 0.3 is 0 Å². The topological polar surface area (TPSA) is 63.3 Å². The van der Waals surface area contributed by atoms with Crippen molar-refractivity contribution in [2.24, 2.45) is 0 Å². The number of aromatic nitrogens is 2. The Morgan fingerprint density at radius 3 is 2.53 bits per heavy atom. The van der Waals surface area contributed by atoms with Gasteiger partial charge in [0.1, 0.15) is 5.65 Å². The molecule has 0 saturated heterocycles. The van der Waals surface area contributed by atoms with E-state index in [1.165, 1.54) is 6.07 Å². The molecular formula is C13H11N3O. The lowest BCUT2D eigenvalue weighted by molar-refractivity contribution is 1.11. The molecule has 1 aromatic carbocycles. The van der Waals surface area contributed by atoms with Crippen molar-refractivity contribution in [3.63, 3.8) is 0 Å². The van der Waals surface area contributed by atoms with Crippen LogP contribution in [0.25, 0.3) is 16.9 Å². The van der Waals surface area contributed by atoms with Crippen molar-refractivity contribution in [1.29, 1.82) is 0 Å². The molecule has 0 saturated carbocycles. The number of nitrogens with zero attached hydrogens (tertiary/aromatic N) is 1. The van der Waals surface area contributed by atoms with Crippen LogP contribution in [0.5, 0.6) is 0 Å². The first-order valence-electron chi connectivity index (χ1n) is 5.30. The third-order valence-corrected chi connectivity index (χ3v) is 2.73. The Morgan fingerprint density at radius 1 is 1.06 bits per heavy atom. The summed E-state index contributed by atoms with van der Waals surface area (Å²) in [4.78, 5) is 14.8. The number of nitrogens with one attached hydrogen (secondary N) is 1. The molecular weight excluding hydrogens is 214 g/mol. The maximum atomic E-state index is 11.6. The number of nitrogen functional groups attached to an aromatic ring is 1. The maximum absolute atomic E-state index is 11.6. The predicted molar refractivity (Wildman–Crippen MR) is 67.9 cm³/mol. The van der Waals surface area contributed by atoms with E-state index >= 15 is 0 Å². The van der Waals surface area contributed by atoms with Gasteiger partial charge in [0.15, 0.2) is 0 Å². The summed E-state index contributed by atoms with van der Waals surface area (Å²) >= 11 is 0. The predicted octanol–water partition coefficient (Wildman–Crippen LogP) is 1.88. The van der Waals surface area contributed by atoms with Gasteiger partial charge < -0.3 is 10.7 Å². The molecule has 2 aromatic heterocycles. The van der Waals surface area contributed by atoms with E-state index in [0.717, 1.165) is 22.6 Å². The quantitative estimate of drug-likeness (QED) is 0.621. The Labute approximate surface area is 97.3 Å². The van der Waals surface area contributed by atoms with Gasteiger partial charge in [-0.15, -0.1) is 0 Å². The van der Waals surface area contributed by atoms with Gasteiger partial charge in [-0.2, -0.15) is 0 Å². The molecule has 0 amide bonds. The standard InChI is InChI=1S/C13H11N3O/c14-10-6-4-9(5-7-10)11-8-16-12(15-11)2-1-3-13(16)17/h1-8,15H,14H2. The molecule has 84 valence electrons. The second-order valence-corrected chi connectivity index (χ2v) is 3.91. The SMILES string of the molecule is Nc1ccc(-c2cn3c(=O)cccc3[nH]2)cc1. The summed E-state index contributed by atoms with van der Waals surface area (Å²) in [7, 11) is 0. The van der Waals surface area contributed by atoms with Gasteiger partial charge in [0.05, 0.1) is 5.69 Å². The van der Waals surface area contributed by atoms with E-state index < -0.39 is 0 Å². The van der Waals surface area contributed by atoms with Crippen LogP contribution in [0.15, 0.2) is 53.5 Å². The second-order valence-electron chi connectivity index (χ2n) is 3.91. The molecule has 0 atom stereocenters. The number of anilines is 1. The Hall–Kier alpha value is -2.49. The molecule has 4 nitrogen and oxygen atoms in total. The lowest BCUT2D eigenvalue weighted by Crippen LogP contribution is -2.08. The van der Waals surface area contributed by atoms with Crippen LogP contribution in [0.2, 0.25) is 0 Å². The average molecular weight is 225 g/mol. The monoisotopic (exact) mass is 225 g/mol. The Morgan fingerprint density at radius 2 is 1.82 bits per heavy atom. The first-order chi connectivity index (χ1) is 8.24. The molecule has 0 fully saturated rings. The van der Waals surface area contributed by atoms with E-state index in [2.05, 4.69) is 4.98 Å². The van der Waals surface area contributed by atoms with Gasteiger partial charge in [0.25, 0.3) is 5.56 Å². The Kier molecular flexibility index (Phi) is 2.01. The van der Waals surface area contributed by atoms with Gasteiger partial charge in [-0.05, 0) is 23.8 Å². The molecule has 0 bridgehead atoms. The van der Waals surface area contributed by atoms with Crippen LogP contribution in [0, 0.1) is 0 Å². The summed E-state index contributed by atoms with van der Waals surface area (Å²) < 4.78 is 1.59. The molecule has 0 unspecified atom stereocenters. The largest absolute Gasteiger partial charge is 0.399 e. The molecule has 0 spiro atoms. The van der Waals surface area contributed by atoms with E-state index in [9.17, 15) is 4.79 Å². The number of rotatable bonds is 1. The minimum absolute atomic E-state index is 0.0413. The lowest BCUT2D eigenvalue weighted by Gasteiger charge is -1.97. The van der Waals surface area contributed by atoms with Crippen LogP contribution < -0.4 is 11.3 Å². The van der Waals surface area contributed by atoms with Crippen molar-refractivity contribution >= 4 is 11.3 Å². The van der Waals surface area contributed by atoms with E-state index in [4.69, 9.17) is 5.73 Å². The molecule has 4 heteroatoms. The Balaban J connectivity index is 2.21. The molecule has 3 rings (SSSR count). The number of aromatic amines is 1. The second kappa shape index (κ2) is 3.52. The van der Waals surface area contributed by atoms with Gasteiger partial charge in [-0.1, -0.05) is 18.2 Å². The van der Waals surface area contributed by atoms with Gasteiger partial charge in [-0.3, -0.25) is 9.20 Å². The zero-order chi connectivity index (χ0) is 11.8. The smallest absolute Gasteiger partial charge is 0.256 e. The van der Waals surface area contributed by atoms with Crippen molar-refractivity contribution in [3.05, 3.63) is 59.0 Å². The summed E-state index contributed by atoms with van der Waals surface area (Å²) in [5.74, 6) is 0.